The van der Waals surface area contributed by atoms with E-state index in [1.54, 1.807) is 57.7 Å². The molecule has 2 aliphatic heterocycles. The Morgan fingerprint density at radius 1 is 0.977 bits per heavy atom. The first-order chi connectivity index (χ1) is 21.1. The van der Waals surface area contributed by atoms with Gasteiger partial charge in [-0.05, 0) is 63.5 Å². The number of hydrogen-bond donors (Lipinski definition) is 0. The van der Waals surface area contributed by atoms with E-state index in [1.807, 2.05) is 29.6 Å². The van der Waals surface area contributed by atoms with Crippen LogP contribution in [0.15, 0.2) is 95.5 Å². The van der Waals surface area contributed by atoms with Gasteiger partial charge in [0.15, 0.2) is 11.4 Å². The molecule has 5 aromatic rings. The van der Waals surface area contributed by atoms with Crippen LogP contribution in [0.3, 0.4) is 0 Å². The molecule has 1 saturated heterocycles. The molecule has 1 aliphatic carbocycles. The highest BCUT2D eigenvalue weighted by molar-refractivity contribution is 7.14. The summed E-state index contributed by atoms with van der Waals surface area (Å²) in [5.41, 5.74) is 5.25. The molecule has 1 amide bonds. The van der Waals surface area contributed by atoms with E-state index in [0.717, 1.165) is 38.3 Å². The minimum atomic E-state index is -0.489. The lowest BCUT2D eigenvalue weighted by atomic mass is 9.92. The molecule has 2 atom stereocenters. The van der Waals surface area contributed by atoms with Gasteiger partial charge in [0, 0.05) is 41.6 Å². The first-order valence-corrected chi connectivity index (χ1v) is 14.9. The van der Waals surface area contributed by atoms with Gasteiger partial charge >= 0.3 is 0 Å². The Balaban J connectivity index is 1.37. The van der Waals surface area contributed by atoms with Crippen LogP contribution in [0, 0.1) is 5.82 Å². The van der Waals surface area contributed by atoms with E-state index in [4.69, 9.17) is 9.47 Å². The van der Waals surface area contributed by atoms with E-state index in [-0.39, 0.29) is 41.8 Å². The summed E-state index contributed by atoms with van der Waals surface area (Å²) in [5, 5.41) is 4.11. The summed E-state index contributed by atoms with van der Waals surface area (Å²) < 4.78 is 28.7. The highest BCUT2D eigenvalue weighted by Crippen LogP contribution is 2.50. The van der Waals surface area contributed by atoms with Gasteiger partial charge in [-0.3, -0.25) is 24.3 Å². The Morgan fingerprint density at radius 2 is 1.81 bits per heavy atom. The van der Waals surface area contributed by atoms with Crippen LogP contribution in [0.4, 0.5) is 4.39 Å². The second-order valence-corrected chi connectivity index (χ2v) is 11.6. The van der Waals surface area contributed by atoms with Crippen LogP contribution in [0.5, 0.6) is 5.75 Å². The first kappa shape index (κ1) is 25.9. The monoisotopic (exact) mass is 592 g/mol. The topological polar surface area (TPSA) is 76.9 Å². The van der Waals surface area contributed by atoms with Gasteiger partial charge in [-0.15, -0.1) is 11.3 Å². The molecule has 0 saturated carbocycles. The van der Waals surface area contributed by atoms with Crippen molar-refractivity contribution in [1.29, 1.82) is 0 Å². The normalized spacial score (nSPS) is 18.6. The van der Waals surface area contributed by atoms with Gasteiger partial charge < -0.3 is 14.4 Å². The summed E-state index contributed by atoms with van der Waals surface area (Å²) in [6.07, 6.45) is 4.45. The highest BCUT2D eigenvalue weighted by atomic mass is 32.1. The Kier molecular flexibility index (Phi) is 6.13. The van der Waals surface area contributed by atoms with Crippen molar-refractivity contribution < 1.29 is 18.7 Å². The molecule has 0 N–H and O–H groups in total. The number of aromatic nitrogens is 2. The molecular weight excluding hydrogens is 567 g/mol. The molecule has 1 fully saturated rings. The molecular formula is C33H25FN4O4S. The molecule has 2 aromatic carbocycles. The number of amides is 1. The smallest absolute Gasteiger partial charge is 0.278 e. The summed E-state index contributed by atoms with van der Waals surface area (Å²) in [5.74, 6) is -0.639. The van der Waals surface area contributed by atoms with Gasteiger partial charge in [0.2, 0.25) is 5.43 Å². The number of ether oxygens (including phenoxy) is 2. The second kappa shape index (κ2) is 10.2. The molecule has 5 heterocycles. The molecule has 43 heavy (non-hydrogen) atoms. The number of rotatable bonds is 4. The van der Waals surface area contributed by atoms with Crippen LogP contribution >= 0.6 is 11.3 Å². The lowest BCUT2D eigenvalue weighted by Crippen LogP contribution is -2.66. The predicted molar refractivity (Wildman–Crippen MR) is 160 cm³/mol. The van der Waals surface area contributed by atoms with Crippen molar-refractivity contribution >= 4 is 17.2 Å². The average molecular weight is 593 g/mol. The summed E-state index contributed by atoms with van der Waals surface area (Å²) in [4.78, 5) is 34.3. The summed E-state index contributed by atoms with van der Waals surface area (Å²) >= 11 is 1.61. The van der Waals surface area contributed by atoms with Crippen molar-refractivity contribution in [3.05, 3.63) is 129 Å². The van der Waals surface area contributed by atoms with Crippen molar-refractivity contribution in [1.82, 2.24) is 14.6 Å². The first-order valence-electron chi connectivity index (χ1n) is 14.0. The van der Waals surface area contributed by atoms with Crippen molar-refractivity contribution in [3.63, 3.8) is 0 Å². The van der Waals surface area contributed by atoms with Gasteiger partial charge in [0.25, 0.3) is 5.91 Å². The van der Waals surface area contributed by atoms with Crippen molar-refractivity contribution in [2.75, 3.05) is 24.8 Å². The van der Waals surface area contributed by atoms with Crippen LogP contribution < -0.4 is 15.2 Å². The maximum absolute atomic E-state index is 14.9. The molecule has 3 aliphatic rings. The van der Waals surface area contributed by atoms with Gasteiger partial charge in [-0.25, -0.2) is 4.39 Å². The number of carbonyl (C=O) groups is 1. The van der Waals surface area contributed by atoms with Crippen molar-refractivity contribution in [3.8, 4) is 27.3 Å². The third-order valence-corrected chi connectivity index (χ3v) is 9.27. The maximum Gasteiger partial charge on any atom is 0.278 e. The number of carbonyl (C=O) groups excluding carboxylic acids is 1. The summed E-state index contributed by atoms with van der Waals surface area (Å²) in [6, 6.07) is 19.6. The van der Waals surface area contributed by atoms with Crippen LogP contribution in [0.2, 0.25) is 0 Å². The fraction of sp³-hybridized carbons (Fsp3) is 0.182. The minimum absolute atomic E-state index is 0.0143. The van der Waals surface area contributed by atoms with Gasteiger partial charge in [0.05, 0.1) is 19.3 Å². The molecule has 8 rings (SSSR count). The van der Waals surface area contributed by atoms with Crippen LogP contribution in [-0.4, -0.2) is 46.4 Å². The summed E-state index contributed by atoms with van der Waals surface area (Å²) in [7, 11) is 0. The quantitative estimate of drug-likeness (QED) is 0.285. The van der Waals surface area contributed by atoms with Crippen LogP contribution in [-0.2, 0) is 11.3 Å². The number of hydrogen-bond acceptors (Lipinski definition) is 7. The molecule has 3 aromatic heterocycles. The fourth-order valence-corrected chi connectivity index (χ4v) is 7.38. The average Bonchev–Trinajstić information content (AvgIpc) is 3.50. The third kappa shape index (κ3) is 4.09. The highest BCUT2D eigenvalue weighted by Gasteiger charge is 2.46. The van der Waals surface area contributed by atoms with Gasteiger partial charge in [0.1, 0.15) is 18.6 Å². The van der Waals surface area contributed by atoms with Gasteiger partial charge in [-0.1, -0.05) is 30.3 Å². The number of fused-ring (bicyclic) bond motifs is 7. The Bertz CT molecular complexity index is 1940. The Morgan fingerprint density at radius 3 is 2.70 bits per heavy atom. The lowest BCUT2D eigenvalue weighted by molar-refractivity contribution is -0.0197. The molecule has 0 bridgehead atoms. The van der Waals surface area contributed by atoms with E-state index in [9.17, 15) is 14.0 Å². The van der Waals surface area contributed by atoms with E-state index in [0.29, 0.717) is 13.2 Å². The largest absolute Gasteiger partial charge is 0.482 e. The zero-order valence-electron chi connectivity index (χ0n) is 22.9. The van der Waals surface area contributed by atoms with Crippen molar-refractivity contribution in [2.45, 2.75) is 18.8 Å². The van der Waals surface area contributed by atoms with E-state index < -0.39 is 12.2 Å². The molecule has 8 nitrogen and oxygen atoms in total. The zero-order chi connectivity index (χ0) is 29.1. The SMILES string of the molecule is O=C1c2c(OCc3ccncc3)c(=O)ccn2N(C2c3ccc(F)cc3-c3ccsc3-c3ccccc32)C2COCCN12. The zero-order valence-corrected chi connectivity index (χ0v) is 23.7. The number of halogens is 1. The van der Waals surface area contributed by atoms with E-state index in [2.05, 4.69) is 22.1 Å². The summed E-state index contributed by atoms with van der Waals surface area (Å²) in [6.45, 7) is 1.09. The molecule has 214 valence electrons. The number of pyridine rings is 2. The standard InChI is InChI=1S/C33H25FN4O4S/c34-21-5-6-23-26(17-21)25-10-16-43-32(25)24-4-2-1-3-22(24)29(23)38-28-19-41-15-14-36(28)33(40)30-31(27(39)9-13-37(30)38)42-18-20-7-11-35-12-8-20/h1-13,16-17,28-29H,14-15,18-19H2. The Labute approximate surface area is 250 Å². The van der Waals surface area contributed by atoms with E-state index >= 15 is 0 Å². The van der Waals surface area contributed by atoms with Gasteiger partial charge in [-0.2, -0.15) is 0 Å². The van der Waals surface area contributed by atoms with Crippen LogP contribution in [0.1, 0.15) is 33.2 Å². The second-order valence-electron chi connectivity index (χ2n) is 10.7. The van der Waals surface area contributed by atoms with E-state index in [1.165, 1.54) is 12.1 Å². The maximum atomic E-state index is 14.9. The van der Waals surface area contributed by atoms with Crippen molar-refractivity contribution in [2.24, 2.45) is 0 Å². The lowest BCUT2D eigenvalue weighted by Gasteiger charge is -2.51. The molecule has 0 radical (unpaired) electrons. The van der Waals surface area contributed by atoms with Crippen LogP contribution in [0.25, 0.3) is 21.6 Å². The third-order valence-electron chi connectivity index (χ3n) is 8.32. The Hall–Kier alpha value is -4.80. The number of morpholine rings is 1. The fourth-order valence-electron chi connectivity index (χ4n) is 6.42. The minimum Gasteiger partial charge on any atom is -0.482 e. The molecule has 10 heteroatoms. The molecule has 2 unspecified atom stereocenters. The number of thiophene rings is 1. The number of benzene rings is 2. The predicted octanol–water partition coefficient (Wildman–Crippen LogP) is 5.21. The number of nitrogens with zero attached hydrogens (tertiary/aromatic N) is 4. The molecule has 0 spiro atoms.